The highest BCUT2D eigenvalue weighted by molar-refractivity contribution is 5.00. The average molecular weight is 126 g/mol. The number of nitrogens with two attached hydrogens (primary N) is 2. The van der Waals surface area contributed by atoms with Gasteiger partial charge < -0.3 is 11.5 Å². The van der Waals surface area contributed by atoms with Gasteiger partial charge >= 0.3 is 0 Å². The maximum Gasteiger partial charge on any atom is -0.00625 e. The summed E-state index contributed by atoms with van der Waals surface area (Å²) < 4.78 is 0. The van der Waals surface area contributed by atoms with E-state index in [1.807, 2.05) is 6.08 Å². The molecule has 0 aromatic rings. The second-order valence-electron chi connectivity index (χ2n) is 1.74. The summed E-state index contributed by atoms with van der Waals surface area (Å²) in [5, 5.41) is 0. The molecule has 0 saturated heterocycles. The highest BCUT2D eigenvalue weighted by Crippen LogP contribution is 1.87. The molecule has 0 aliphatic rings. The Morgan fingerprint density at radius 3 is 2.56 bits per heavy atom. The summed E-state index contributed by atoms with van der Waals surface area (Å²) in [4.78, 5) is 0. The molecule has 0 amide bonds. The summed E-state index contributed by atoms with van der Waals surface area (Å²) in [7, 11) is 0. The Morgan fingerprint density at radius 1 is 1.22 bits per heavy atom. The molecule has 0 unspecified atom stereocenters. The van der Waals surface area contributed by atoms with Gasteiger partial charge in [0, 0.05) is 0 Å². The lowest BCUT2D eigenvalue weighted by Crippen LogP contribution is -1.96. The Bertz CT molecular complexity index is 95.1. The molecule has 0 heterocycles. The minimum Gasteiger partial charge on any atom is -0.405 e. The van der Waals surface area contributed by atoms with Crippen LogP contribution in [0.2, 0.25) is 0 Å². The van der Waals surface area contributed by atoms with Gasteiger partial charge in [0.2, 0.25) is 0 Å². The normalized spacial score (nSPS) is 11.7. The number of hydrogen-bond acceptors (Lipinski definition) is 2. The summed E-state index contributed by atoms with van der Waals surface area (Å²) in [5.41, 5.74) is 10.4. The summed E-state index contributed by atoms with van der Waals surface area (Å²) in [6.07, 6.45) is 9.39. The lowest BCUT2D eigenvalue weighted by atomic mass is 10.3. The molecule has 0 aliphatic heterocycles. The first-order valence-corrected chi connectivity index (χ1v) is 3.15. The van der Waals surface area contributed by atoms with Gasteiger partial charge in [0.25, 0.3) is 0 Å². The van der Waals surface area contributed by atoms with E-state index in [0.717, 1.165) is 19.4 Å². The van der Waals surface area contributed by atoms with Gasteiger partial charge in [0.1, 0.15) is 0 Å². The van der Waals surface area contributed by atoms with Crippen molar-refractivity contribution in [3.63, 3.8) is 0 Å². The van der Waals surface area contributed by atoms with E-state index < -0.39 is 0 Å². The third kappa shape index (κ3) is 7.24. The molecule has 4 N–H and O–H groups in total. The smallest absolute Gasteiger partial charge is 0.00625 e. The van der Waals surface area contributed by atoms with E-state index in [9.17, 15) is 0 Å². The first-order chi connectivity index (χ1) is 4.41. The summed E-state index contributed by atoms with van der Waals surface area (Å²) >= 11 is 0. The Morgan fingerprint density at radius 2 is 2.00 bits per heavy atom. The largest absolute Gasteiger partial charge is 0.405 e. The summed E-state index contributed by atoms with van der Waals surface area (Å²) in [5.74, 6) is 0. The minimum atomic E-state index is 0.761. The molecule has 2 heteroatoms. The SMILES string of the molecule is N/C=C\C=C/CCCN. The van der Waals surface area contributed by atoms with Crippen LogP contribution >= 0.6 is 0 Å². The van der Waals surface area contributed by atoms with Crippen molar-refractivity contribution in [1.82, 2.24) is 0 Å². The van der Waals surface area contributed by atoms with E-state index in [2.05, 4.69) is 6.08 Å². The van der Waals surface area contributed by atoms with E-state index >= 15 is 0 Å². The molecule has 0 aromatic heterocycles. The molecular formula is C7H14N2. The maximum atomic E-state index is 5.27. The molecule has 52 valence electrons. The zero-order valence-electron chi connectivity index (χ0n) is 5.59. The first kappa shape index (κ1) is 8.24. The van der Waals surface area contributed by atoms with Crippen molar-refractivity contribution >= 4 is 0 Å². The van der Waals surface area contributed by atoms with Gasteiger partial charge in [-0.3, -0.25) is 0 Å². The molecule has 0 radical (unpaired) electrons. The quantitative estimate of drug-likeness (QED) is 0.431. The fourth-order valence-corrected chi connectivity index (χ4v) is 0.475. The van der Waals surface area contributed by atoms with Crippen molar-refractivity contribution < 1.29 is 0 Å². The highest BCUT2D eigenvalue weighted by Gasteiger charge is 1.74. The number of hydrogen-bond donors (Lipinski definition) is 2. The zero-order chi connectivity index (χ0) is 6.95. The molecule has 0 fully saturated rings. The Labute approximate surface area is 56.2 Å². The average Bonchev–Trinajstić information content (AvgIpc) is 1.89. The van der Waals surface area contributed by atoms with Crippen LogP contribution in [0.25, 0.3) is 0 Å². The third-order valence-electron chi connectivity index (χ3n) is 0.933. The Hall–Kier alpha value is -0.760. The first-order valence-electron chi connectivity index (χ1n) is 3.15. The maximum absolute atomic E-state index is 5.27. The van der Waals surface area contributed by atoms with Gasteiger partial charge in [-0.15, -0.1) is 0 Å². The van der Waals surface area contributed by atoms with Crippen molar-refractivity contribution in [2.45, 2.75) is 12.8 Å². The van der Waals surface area contributed by atoms with Gasteiger partial charge in [-0.05, 0) is 31.7 Å². The molecule has 0 atom stereocenters. The van der Waals surface area contributed by atoms with Crippen LogP contribution in [0.1, 0.15) is 12.8 Å². The predicted molar refractivity (Wildman–Crippen MR) is 40.8 cm³/mol. The topological polar surface area (TPSA) is 52.0 Å². The molecule has 0 saturated carbocycles. The van der Waals surface area contributed by atoms with Gasteiger partial charge in [0.05, 0.1) is 0 Å². The van der Waals surface area contributed by atoms with Crippen LogP contribution in [0, 0.1) is 0 Å². The van der Waals surface area contributed by atoms with Crippen LogP contribution in [0.4, 0.5) is 0 Å². The second kappa shape index (κ2) is 7.24. The molecular weight excluding hydrogens is 112 g/mol. The van der Waals surface area contributed by atoms with E-state index in [-0.39, 0.29) is 0 Å². The molecule has 0 aliphatic carbocycles. The van der Waals surface area contributed by atoms with Gasteiger partial charge in [-0.1, -0.05) is 12.2 Å². The van der Waals surface area contributed by atoms with Crippen LogP contribution < -0.4 is 11.5 Å². The Kier molecular flexibility index (Phi) is 6.63. The molecule has 9 heavy (non-hydrogen) atoms. The Balaban J connectivity index is 3.04. The van der Waals surface area contributed by atoms with Gasteiger partial charge in [-0.25, -0.2) is 0 Å². The van der Waals surface area contributed by atoms with Crippen molar-refractivity contribution in [3.05, 3.63) is 24.4 Å². The summed E-state index contributed by atoms with van der Waals surface area (Å²) in [6, 6.07) is 0. The zero-order valence-corrected chi connectivity index (χ0v) is 5.59. The fraction of sp³-hybridized carbons (Fsp3) is 0.429. The van der Waals surface area contributed by atoms with Crippen LogP contribution in [0.15, 0.2) is 24.4 Å². The molecule has 2 nitrogen and oxygen atoms in total. The van der Waals surface area contributed by atoms with E-state index in [0.29, 0.717) is 0 Å². The van der Waals surface area contributed by atoms with Gasteiger partial charge in [-0.2, -0.15) is 0 Å². The standard InChI is InChI=1S/C7H14N2/c8-6-4-2-1-3-5-7-9/h1-2,4,6H,3,5,7-9H2/b2-1-,6-4-. The monoisotopic (exact) mass is 126 g/mol. The van der Waals surface area contributed by atoms with Crippen LogP contribution in [-0.4, -0.2) is 6.54 Å². The van der Waals surface area contributed by atoms with Crippen LogP contribution in [0.5, 0.6) is 0 Å². The highest BCUT2D eigenvalue weighted by atomic mass is 14.5. The van der Waals surface area contributed by atoms with Crippen molar-refractivity contribution in [2.24, 2.45) is 11.5 Å². The number of rotatable bonds is 4. The third-order valence-corrected chi connectivity index (χ3v) is 0.933. The molecule has 0 aromatic carbocycles. The minimum absolute atomic E-state index is 0.761. The van der Waals surface area contributed by atoms with Crippen molar-refractivity contribution in [1.29, 1.82) is 0 Å². The van der Waals surface area contributed by atoms with Crippen LogP contribution in [-0.2, 0) is 0 Å². The van der Waals surface area contributed by atoms with E-state index in [1.54, 1.807) is 6.08 Å². The lowest BCUT2D eigenvalue weighted by Gasteiger charge is -1.85. The van der Waals surface area contributed by atoms with E-state index in [1.165, 1.54) is 6.20 Å². The van der Waals surface area contributed by atoms with Gasteiger partial charge in [0.15, 0.2) is 0 Å². The second-order valence-corrected chi connectivity index (χ2v) is 1.74. The molecule has 0 rings (SSSR count). The van der Waals surface area contributed by atoms with Crippen LogP contribution in [0.3, 0.4) is 0 Å². The fourth-order valence-electron chi connectivity index (χ4n) is 0.475. The lowest BCUT2D eigenvalue weighted by molar-refractivity contribution is 0.855. The van der Waals surface area contributed by atoms with E-state index in [4.69, 9.17) is 11.5 Å². The number of allylic oxidation sites excluding steroid dienone is 3. The predicted octanol–water partition coefficient (Wildman–Crippen LogP) is 0.754. The molecule has 0 spiro atoms. The van der Waals surface area contributed by atoms with Crippen molar-refractivity contribution in [2.75, 3.05) is 6.54 Å². The van der Waals surface area contributed by atoms with Crippen molar-refractivity contribution in [3.8, 4) is 0 Å². The number of unbranched alkanes of at least 4 members (excludes halogenated alkanes) is 1. The summed E-state index contributed by atoms with van der Waals surface area (Å²) in [6.45, 7) is 0.761. The molecule has 0 bridgehead atoms.